The second kappa shape index (κ2) is 10.7. The molecule has 0 fully saturated rings. The Morgan fingerprint density at radius 1 is 0.844 bits per heavy atom. The van der Waals surface area contributed by atoms with Gasteiger partial charge in [-0.05, 0) is 30.2 Å². The van der Waals surface area contributed by atoms with Crippen molar-refractivity contribution in [3.63, 3.8) is 0 Å². The average molecular weight is 453 g/mol. The fourth-order valence-corrected chi connectivity index (χ4v) is 3.97. The molecule has 0 aliphatic carbocycles. The van der Waals surface area contributed by atoms with Crippen LogP contribution in [0.25, 0.3) is 0 Å². The van der Waals surface area contributed by atoms with Crippen LogP contribution in [0.15, 0.2) is 89.8 Å². The first-order chi connectivity index (χ1) is 15.3. The molecule has 0 aliphatic heterocycles. The smallest absolute Gasteiger partial charge is 0.321 e. The molecule has 3 rings (SSSR count). The van der Waals surface area contributed by atoms with Crippen molar-refractivity contribution < 1.29 is 22.7 Å². The van der Waals surface area contributed by atoms with E-state index in [-0.39, 0.29) is 4.90 Å². The van der Waals surface area contributed by atoms with Crippen molar-refractivity contribution in [3.05, 3.63) is 102 Å². The number of nitrogens with one attached hydrogen (secondary N) is 2. The summed E-state index contributed by atoms with van der Waals surface area (Å²) in [5.74, 6) is -1.36. The van der Waals surface area contributed by atoms with Crippen molar-refractivity contribution in [2.45, 2.75) is 17.9 Å². The van der Waals surface area contributed by atoms with Gasteiger partial charge in [-0.25, -0.2) is 8.42 Å². The van der Waals surface area contributed by atoms with Crippen LogP contribution >= 0.6 is 0 Å². The van der Waals surface area contributed by atoms with Gasteiger partial charge >= 0.3 is 5.97 Å². The van der Waals surface area contributed by atoms with Crippen LogP contribution in [0, 0.1) is 6.92 Å². The van der Waals surface area contributed by atoms with E-state index in [1.807, 2.05) is 67.6 Å². The molecule has 0 bridgehead atoms. The molecule has 1 amide bonds. The summed E-state index contributed by atoms with van der Waals surface area (Å²) in [7, 11) is -3.85. The number of esters is 1. The van der Waals surface area contributed by atoms with E-state index in [1.54, 1.807) is 12.1 Å². The Morgan fingerprint density at radius 2 is 1.38 bits per heavy atom. The summed E-state index contributed by atoms with van der Waals surface area (Å²) >= 11 is 0. The number of sulfonamides is 1. The minimum absolute atomic E-state index is 0.0437. The summed E-state index contributed by atoms with van der Waals surface area (Å²) in [6, 6.07) is 24.6. The molecule has 8 heteroatoms. The molecule has 0 aromatic heterocycles. The van der Waals surface area contributed by atoms with E-state index in [1.165, 1.54) is 12.1 Å². The van der Waals surface area contributed by atoms with E-state index in [0.29, 0.717) is 0 Å². The van der Waals surface area contributed by atoms with Crippen LogP contribution in [0.5, 0.6) is 0 Å². The molecule has 0 unspecified atom stereocenters. The monoisotopic (exact) mass is 452 g/mol. The van der Waals surface area contributed by atoms with Crippen molar-refractivity contribution in [1.29, 1.82) is 0 Å². The van der Waals surface area contributed by atoms with Gasteiger partial charge < -0.3 is 10.1 Å². The van der Waals surface area contributed by atoms with E-state index in [4.69, 9.17) is 4.74 Å². The average Bonchev–Trinajstić information content (AvgIpc) is 2.81. The Balaban J connectivity index is 1.55. The van der Waals surface area contributed by atoms with E-state index in [9.17, 15) is 18.0 Å². The molecule has 3 aromatic carbocycles. The number of hydrogen-bond donors (Lipinski definition) is 2. The van der Waals surface area contributed by atoms with Crippen molar-refractivity contribution in [2.75, 3.05) is 13.2 Å². The Morgan fingerprint density at radius 3 is 1.91 bits per heavy atom. The lowest BCUT2D eigenvalue weighted by Crippen LogP contribution is -2.35. The number of carbonyl (C=O) groups excluding carboxylic acids is 2. The normalized spacial score (nSPS) is 11.2. The zero-order valence-corrected chi connectivity index (χ0v) is 18.3. The van der Waals surface area contributed by atoms with Gasteiger partial charge in [-0.2, -0.15) is 4.72 Å². The van der Waals surface area contributed by atoms with Gasteiger partial charge in [0.2, 0.25) is 10.0 Å². The molecule has 0 spiro atoms. The first kappa shape index (κ1) is 23.2. The first-order valence-corrected chi connectivity index (χ1v) is 11.4. The van der Waals surface area contributed by atoms with E-state index in [2.05, 4.69) is 10.0 Å². The number of rotatable bonds is 9. The van der Waals surface area contributed by atoms with E-state index < -0.39 is 41.1 Å². The van der Waals surface area contributed by atoms with Crippen molar-refractivity contribution in [2.24, 2.45) is 0 Å². The van der Waals surface area contributed by atoms with Gasteiger partial charge in [-0.15, -0.1) is 0 Å². The second-order valence-corrected chi connectivity index (χ2v) is 8.89. The highest BCUT2D eigenvalue weighted by Crippen LogP contribution is 2.21. The molecule has 166 valence electrons. The lowest BCUT2D eigenvalue weighted by atomic mass is 9.99. The van der Waals surface area contributed by atoms with Gasteiger partial charge in [0.15, 0.2) is 6.61 Å². The number of hydrogen-bond acceptors (Lipinski definition) is 5. The zero-order chi connectivity index (χ0) is 23.0. The summed E-state index contributed by atoms with van der Waals surface area (Å²) < 4.78 is 31.6. The summed E-state index contributed by atoms with van der Waals surface area (Å²) in [4.78, 5) is 24.5. The zero-order valence-electron chi connectivity index (χ0n) is 17.5. The van der Waals surface area contributed by atoms with Crippen LogP contribution in [0.4, 0.5) is 0 Å². The molecule has 0 saturated heterocycles. The Labute approximate surface area is 187 Å². The van der Waals surface area contributed by atoms with E-state index in [0.717, 1.165) is 16.7 Å². The van der Waals surface area contributed by atoms with Gasteiger partial charge in [0, 0.05) is 0 Å². The molecule has 0 saturated carbocycles. The van der Waals surface area contributed by atoms with E-state index >= 15 is 0 Å². The largest absolute Gasteiger partial charge is 0.455 e. The number of aryl methyl sites for hydroxylation is 1. The van der Waals surface area contributed by atoms with Crippen molar-refractivity contribution in [1.82, 2.24) is 10.0 Å². The van der Waals surface area contributed by atoms with Crippen molar-refractivity contribution in [3.8, 4) is 0 Å². The predicted octanol–water partition coefficient (Wildman–Crippen LogP) is 2.72. The number of benzene rings is 3. The predicted molar refractivity (Wildman–Crippen MR) is 120 cm³/mol. The Kier molecular flexibility index (Phi) is 7.75. The highest BCUT2D eigenvalue weighted by atomic mass is 32.2. The summed E-state index contributed by atoms with van der Waals surface area (Å²) in [6.45, 7) is 0.734. The lowest BCUT2D eigenvalue weighted by Gasteiger charge is -2.20. The van der Waals surface area contributed by atoms with Crippen molar-refractivity contribution >= 4 is 21.9 Å². The van der Waals surface area contributed by atoms with Gasteiger partial charge in [0.25, 0.3) is 5.91 Å². The van der Waals surface area contributed by atoms with Gasteiger partial charge in [0.05, 0.1) is 10.9 Å². The molecule has 2 N–H and O–H groups in total. The third-order valence-electron chi connectivity index (χ3n) is 4.67. The standard InChI is InChI=1S/C24H24N2O5S/c1-18-12-14-21(15-13-18)32(29,30)25-16-23(28)31-17-22(27)26-24(19-8-4-2-5-9-19)20-10-6-3-7-11-20/h2-15,24-25H,16-17H2,1H3,(H,26,27). The third-order valence-corrected chi connectivity index (χ3v) is 6.09. The first-order valence-electron chi connectivity index (χ1n) is 9.96. The molecule has 32 heavy (non-hydrogen) atoms. The minimum atomic E-state index is -3.85. The molecular weight excluding hydrogens is 428 g/mol. The topological polar surface area (TPSA) is 102 Å². The molecular formula is C24H24N2O5S. The summed E-state index contributed by atoms with van der Waals surface area (Å²) in [5, 5.41) is 2.85. The maximum Gasteiger partial charge on any atom is 0.321 e. The van der Waals surface area contributed by atoms with Gasteiger partial charge in [0.1, 0.15) is 6.54 Å². The highest BCUT2D eigenvalue weighted by Gasteiger charge is 2.19. The number of carbonyl (C=O) groups is 2. The maximum atomic E-state index is 12.4. The summed E-state index contributed by atoms with van der Waals surface area (Å²) in [6.07, 6.45) is 0. The minimum Gasteiger partial charge on any atom is -0.455 e. The fourth-order valence-electron chi connectivity index (χ4n) is 3.00. The number of ether oxygens (including phenoxy) is 1. The van der Waals surface area contributed by atoms with Crippen LogP contribution in [0.2, 0.25) is 0 Å². The third kappa shape index (κ3) is 6.50. The fraction of sp³-hybridized carbons (Fsp3) is 0.167. The van der Waals surface area contributed by atoms with Crippen LogP contribution in [-0.4, -0.2) is 33.4 Å². The van der Waals surface area contributed by atoms with Crippen LogP contribution in [-0.2, 0) is 24.3 Å². The quantitative estimate of drug-likeness (QED) is 0.486. The lowest BCUT2D eigenvalue weighted by molar-refractivity contribution is -0.147. The Bertz CT molecular complexity index is 1110. The van der Waals surface area contributed by atoms with Gasteiger partial charge in [-0.1, -0.05) is 78.4 Å². The summed E-state index contributed by atoms with van der Waals surface area (Å²) in [5.41, 5.74) is 2.67. The molecule has 0 aliphatic rings. The molecule has 0 atom stereocenters. The van der Waals surface area contributed by atoms with Gasteiger partial charge in [-0.3, -0.25) is 9.59 Å². The molecule has 0 heterocycles. The van der Waals surface area contributed by atoms with Crippen LogP contribution in [0.3, 0.4) is 0 Å². The second-order valence-electron chi connectivity index (χ2n) is 7.12. The maximum absolute atomic E-state index is 12.4. The molecule has 7 nitrogen and oxygen atoms in total. The number of amides is 1. The highest BCUT2D eigenvalue weighted by molar-refractivity contribution is 7.89. The Hall–Kier alpha value is -3.49. The van der Waals surface area contributed by atoms with Crippen LogP contribution < -0.4 is 10.0 Å². The van der Waals surface area contributed by atoms with Crippen LogP contribution in [0.1, 0.15) is 22.7 Å². The SMILES string of the molecule is Cc1ccc(S(=O)(=O)NCC(=O)OCC(=O)NC(c2ccccc2)c2ccccc2)cc1. The molecule has 3 aromatic rings. The molecule has 0 radical (unpaired) electrons.